The highest BCUT2D eigenvalue weighted by Gasteiger charge is 2.28. The van der Waals surface area contributed by atoms with Gasteiger partial charge >= 0.3 is 0 Å². The number of hydrogen-bond acceptors (Lipinski definition) is 2. The fraction of sp³-hybridized carbons (Fsp3) is 0.417. The van der Waals surface area contributed by atoms with E-state index in [1.807, 2.05) is 0 Å². The van der Waals surface area contributed by atoms with Crippen LogP contribution in [-0.2, 0) is 4.74 Å². The normalized spacial score (nSPS) is 25.1. The van der Waals surface area contributed by atoms with Crippen molar-refractivity contribution in [3.63, 3.8) is 0 Å². The van der Waals surface area contributed by atoms with Crippen molar-refractivity contribution in [3.05, 3.63) is 34.6 Å². The van der Waals surface area contributed by atoms with E-state index in [0.29, 0.717) is 17.2 Å². The molecule has 0 N–H and O–H groups in total. The van der Waals surface area contributed by atoms with Gasteiger partial charge < -0.3 is 4.74 Å². The Bertz CT molecular complexity index is 430. The molecule has 0 bridgehead atoms. The Morgan fingerprint density at radius 3 is 3.00 bits per heavy atom. The first-order valence-electron chi connectivity index (χ1n) is 5.18. The third kappa shape index (κ3) is 2.18. The minimum atomic E-state index is -0.377. The molecule has 1 aromatic rings. The largest absolute Gasteiger partial charge is 0.372 e. The average molecular weight is 240 g/mol. The summed E-state index contributed by atoms with van der Waals surface area (Å²) in [4.78, 5) is 0. The molecule has 0 aliphatic carbocycles. The number of nitriles is 1. The first kappa shape index (κ1) is 11.4. The van der Waals surface area contributed by atoms with Crippen LogP contribution in [0.3, 0.4) is 0 Å². The molecule has 4 heteroatoms. The van der Waals surface area contributed by atoms with Gasteiger partial charge in [0, 0.05) is 17.2 Å². The van der Waals surface area contributed by atoms with E-state index in [0.717, 1.165) is 12.8 Å². The maximum Gasteiger partial charge on any atom is 0.124 e. The molecule has 0 saturated carbocycles. The Morgan fingerprint density at radius 2 is 2.31 bits per heavy atom. The lowest BCUT2D eigenvalue weighted by Crippen LogP contribution is -2.21. The quantitative estimate of drug-likeness (QED) is 0.752. The standard InChI is InChI=1S/C12H11ClFNO/c13-11-6-9(14)3-4-10(11)12-8(7-15)2-1-5-16-12/h3-4,6,8,12H,1-2,5H2. The van der Waals surface area contributed by atoms with Crippen LogP contribution in [0.1, 0.15) is 24.5 Å². The molecular weight excluding hydrogens is 229 g/mol. The van der Waals surface area contributed by atoms with Crippen molar-refractivity contribution in [3.8, 4) is 6.07 Å². The fourth-order valence-corrected chi connectivity index (χ4v) is 2.23. The van der Waals surface area contributed by atoms with Crippen LogP contribution in [0, 0.1) is 23.1 Å². The zero-order chi connectivity index (χ0) is 11.5. The van der Waals surface area contributed by atoms with Crippen LogP contribution in [0.25, 0.3) is 0 Å². The molecule has 0 radical (unpaired) electrons. The van der Waals surface area contributed by atoms with Crippen LogP contribution >= 0.6 is 11.6 Å². The SMILES string of the molecule is N#CC1CCCOC1c1ccc(F)cc1Cl. The van der Waals surface area contributed by atoms with Crippen LogP contribution < -0.4 is 0 Å². The summed E-state index contributed by atoms with van der Waals surface area (Å²) >= 11 is 5.96. The smallest absolute Gasteiger partial charge is 0.124 e. The summed E-state index contributed by atoms with van der Waals surface area (Å²) in [6, 6.07) is 6.41. The third-order valence-corrected chi connectivity index (χ3v) is 3.08. The first-order chi connectivity index (χ1) is 7.72. The summed E-state index contributed by atoms with van der Waals surface area (Å²) < 4.78 is 18.5. The monoisotopic (exact) mass is 239 g/mol. The van der Waals surface area contributed by atoms with Gasteiger partial charge in [-0.25, -0.2) is 4.39 Å². The van der Waals surface area contributed by atoms with Crippen molar-refractivity contribution in [1.29, 1.82) is 5.26 Å². The number of halogens is 2. The number of rotatable bonds is 1. The van der Waals surface area contributed by atoms with Gasteiger partial charge in [0.1, 0.15) is 5.82 Å². The van der Waals surface area contributed by atoms with E-state index in [1.54, 1.807) is 6.07 Å². The molecule has 1 aliphatic rings. The van der Waals surface area contributed by atoms with E-state index in [-0.39, 0.29) is 17.8 Å². The summed E-state index contributed by atoms with van der Waals surface area (Å²) in [6.07, 6.45) is 1.36. The van der Waals surface area contributed by atoms with Crippen molar-refractivity contribution < 1.29 is 9.13 Å². The molecule has 1 saturated heterocycles. The lowest BCUT2D eigenvalue weighted by Gasteiger charge is -2.28. The van der Waals surface area contributed by atoms with Gasteiger partial charge in [0.25, 0.3) is 0 Å². The second kappa shape index (κ2) is 4.82. The van der Waals surface area contributed by atoms with E-state index >= 15 is 0 Å². The Labute approximate surface area is 98.6 Å². The van der Waals surface area contributed by atoms with E-state index in [1.165, 1.54) is 12.1 Å². The third-order valence-electron chi connectivity index (χ3n) is 2.76. The molecule has 1 heterocycles. The maximum absolute atomic E-state index is 12.9. The minimum absolute atomic E-state index is 0.197. The lowest BCUT2D eigenvalue weighted by atomic mass is 9.91. The Hall–Kier alpha value is -1.11. The van der Waals surface area contributed by atoms with E-state index in [2.05, 4.69) is 6.07 Å². The Balaban J connectivity index is 2.31. The van der Waals surface area contributed by atoms with Gasteiger partial charge in [0.2, 0.25) is 0 Å². The predicted octanol–water partition coefficient (Wildman–Crippen LogP) is 3.47. The second-order valence-corrected chi connectivity index (χ2v) is 4.24. The van der Waals surface area contributed by atoms with Crippen molar-refractivity contribution >= 4 is 11.6 Å². The number of benzene rings is 1. The molecule has 84 valence electrons. The van der Waals surface area contributed by atoms with E-state index < -0.39 is 0 Å². The van der Waals surface area contributed by atoms with Gasteiger partial charge in [0.15, 0.2) is 0 Å². The van der Waals surface area contributed by atoms with Crippen LogP contribution in [-0.4, -0.2) is 6.61 Å². The molecular formula is C12H11ClFNO. The van der Waals surface area contributed by atoms with Gasteiger partial charge in [-0.3, -0.25) is 0 Å². The summed E-state index contributed by atoms with van der Waals surface area (Å²) in [5.41, 5.74) is 0.703. The van der Waals surface area contributed by atoms with Gasteiger partial charge in [-0.05, 0) is 25.0 Å². The molecule has 1 aromatic carbocycles. The van der Waals surface area contributed by atoms with Gasteiger partial charge in [0.05, 0.1) is 18.1 Å². The molecule has 0 spiro atoms. The molecule has 0 aromatic heterocycles. The minimum Gasteiger partial charge on any atom is -0.372 e. The Kier molecular flexibility index (Phi) is 3.42. The summed E-state index contributed by atoms with van der Waals surface area (Å²) in [5.74, 6) is -0.574. The van der Waals surface area contributed by atoms with Crippen LogP contribution in [0.5, 0.6) is 0 Å². The van der Waals surface area contributed by atoms with Crippen LogP contribution in [0.15, 0.2) is 18.2 Å². The number of nitrogens with zero attached hydrogens (tertiary/aromatic N) is 1. The topological polar surface area (TPSA) is 33.0 Å². The van der Waals surface area contributed by atoms with Crippen molar-refractivity contribution in [1.82, 2.24) is 0 Å². The molecule has 2 atom stereocenters. The van der Waals surface area contributed by atoms with Crippen LogP contribution in [0.4, 0.5) is 4.39 Å². The predicted molar refractivity (Wildman–Crippen MR) is 58.4 cm³/mol. The highest BCUT2D eigenvalue weighted by atomic mass is 35.5. The molecule has 2 nitrogen and oxygen atoms in total. The highest BCUT2D eigenvalue weighted by molar-refractivity contribution is 6.31. The second-order valence-electron chi connectivity index (χ2n) is 3.84. The summed E-state index contributed by atoms with van der Waals surface area (Å²) in [5, 5.41) is 9.35. The molecule has 1 aliphatic heterocycles. The Morgan fingerprint density at radius 1 is 1.50 bits per heavy atom. The average Bonchev–Trinajstić information content (AvgIpc) is 2.29. The van der Waals surface area contributed by atoms with Crippen LogP contribution in [0.2, 0.25) is 5.02 Å². The highest BCUT2D eigenvalue weighted by Crippen LogP contribution is 2.36. The lowest BCUT2D eigenvalue weighted by molar-refractivity contribution is -0.0101. The molecule has 0 amide bonds. The van der Waals surface area contributed by atoms with Crippen molar-refractivity contribution in [2.24, 2.45) is 5.92 Å². The van der Waals surface area contributed by atoms with Gasteiger partial charge in [-0.15, -0.1) is 0 Å². The summed E-state index contributed by atoms with van der Waals surface area (Å²) in [6.45, 7) is 0.622. The first-order valence-corrected chi connectivity index (χ1v) is 5.56. The van der Waals surface area contributed by atoms with Gasteiger partial charge in [-0.1, -0.05) is 17.7 Å². The molecule has 2 rings (SSSR count). The van der Waals surface area contributed by atoms with Crippen molar-refractivity contribution in [2.45, 2.75) is 18.9 Å². The number of ether oxygens (including phenoxy) is 1. The summed E-state index contributed by atoms with van der Waals surface area (Å²) in [7, 11) is 0. The zero-order valence-electron chi connectivity index (χ0n) is 8.62. The van der Waals surface area contributed by atoms with Gasteiger partial charge in [-0.2, -0.15) is 5.26 Å². The molecule has 2 unspecified atom stereocenters. The molecule has 1 fully saturated rings. The zero-order valence-corrected chi connectivity index (χ0v) is 9.38. The number of hydrogen-bond donors (Lipinski definition) is 0. The van der Waals surface area contributed by atoms with Crippen molar-refractivity contribution in [2.75, 3.05) is 6.61 Å². The maximum atomic E-state index is 12.9. The van der Waals surface area contributed by atoms with E-state index in [9.17, 15) is 4.39 Å². The van der Waals surface area contributed by atoms with E-state index in [4.69, 9.17) is 21.6 Å². The fourth-order valence-electron chi connectivity index (χ4n) is 1.95. The molecule has 16 heavy (non-hydrogen) atoms.